The van der Waals surface area contributed by atoms with Crippen LogP contribution in [0, 0.1) is 0 Å². The first-order chi connectivity index (χ1) is 6.76. The van der Waals surface area contributed by atoms with Crippen LogP contribution in [0.3, 0.4) is 0 Å². The summed E-state index contributed by atoms with van der Waals surface area (Å²) < 4.78 is 4.90. The molecule has 1 aromatic rings. The summed E-state index contributed by atoms with van der Waals surface area (Å²) in [6, 6.07) is 6.84. The van der Waals surface area contributed by atoms with Gasteiger partial charge >= 0.3 is 5.97 Å². The molecule has 1 rings (SSSR count). The van der Waals surface area contributed by atoms with Crippen LogP contribution in [0.2, 0.25) is 0 Å². The molecule has 0 aliphatic carbocycles. The van der Waals surface area contributed by atoms with Crippen LogP contribution in [0.4, 0.5) is 5.69 Å². The predicted molar refractivity (Wildman–Crippen MR) is 52.9 cm³/mol. The van der Waals surface area contributed by atoms with Crippen LogP contribution in [0.25, 0.3) is 0 Å². The summed E-state index contributed by atoms with van der Waals surface area (Å²) in [4.78, 5) is 15.6. The standard InChI is InChI=1S/C10H11NO3/c1-3-10(12)14-9-6-4-5-8(7-9)11-13-2/h3-7,11H,1H2,2H3. The molecule has 0 aromatic heterocycles. The molecule has 0 spiro atoms. The van der Waals surface area contributed by atoms with Crippen molar-refractivity contribution in [3.63, 3.8) is 0 Å². The van der Waals surface area contributed by atoms with E-state index in [2.05, 4.69) is 12.1 Å². The number of nitrogens with one attached hydrogen (secondary N) is 1. The lowest BCUT2D eigenvalue weighted by Crippen LogP contribution is -2.03. The van der Waals surface area contributed by atoms with Crippen LogP contribution in [0.5, 0.6) is 5.75 Å². The van der Waals surface area contributed by atoms with Crippen molar-refractivity contribution in [3.05, 3.63) is 36.9 Å². The van der Waals surface area contributed by atoms with E-state index < -0.39 is 5.97 Å². The Bertz CT molecular complexity index is 336. The topological polar surface area (TPSA) is 47.6 Å². The van der Waals surface area contributed by atoms with Crippen molar-refractivity contribution >= 4 is 11.7 Å². The molecule has 0 aliphatic heterocycles. The number of hydrogen-bond acceptors (Lipinski definition) is 4. The lowest BCUT2D eigenvalue weighted by Gasteiger charge is -2.05. The number of ether oxygens (including phenoxy) is 1. The van der Waals surface area contributed by atoms with Gasteiger partial charge < -0.3 is 4.74 Å². The SMILES string of the molecule is C=CC(=O)Oc1cccc(NOC)c1. The van der Waals surface area contributed by atoms with Crippen molar-refractivity contribution in [1.82, 2.24) is 0 Å². The molecule has 0 atom stereocenters. The predicted octanol–water partition coefficient (Wildman–Crippen LogP) is 1.75. The minimum absolute atomic E-state index is 0.442. The first-order valence-corrected chi connectivity index (χ1v) is 3.99. The van der Waals surface area contributed by atoms with Crippen molar-refractivity contribution < 1.29 is 14.4 Å². The van der Waals surface area contributed by atoms with E-state index in [-0.39, 0.29) is 0 Å². The number of hydrogen-bond donors (Lipinski definition) is 1. The molecule has 4 heteroatoms. The highest BCUT2D eigenvalue weighted by molar-refractivity contribution is 5.83. The molecule has 0 bridgehead atoms. The lowest BCUT2D eigenvalue weighted by molar-refractivity contribution is -0.128. The van der Waals surface area contributed by atoms with Gasteiger partial charge in [-0.3, -0.25) is 10.3 Å². The minimum Gasteiger partial charge on any atom is -0.423 e. The molecule has 0 saturated carbocycles. The Morgan fingerprint density at radius 1 is 1.57 bits per heavy atom. The van der Waals surface area contributed by atoms with Gasteiger partial charge in [0, 0.05) is 12.1 Å². The maximum absolute atomic E-state index is 10.9. The van der Waals surface area contributed by atoms with Gasteiger partial charge in [0.25, 0.3) is 0 Å². The Morgan fingerprint density at radius 3 is 3.00 bits per heavy atom. The van der Waals surface area contributed by atoms with E-state index >= 15 is 0 Å². The Labute approximate surface area is 82.1 Å². The summed E-state index contributed by atoms with van der Waals surface area (Å²) in [6.07, 6.45) is 1.11. The molecule has 0 aliphatic rings. The molecular formula is C10H11NO3. The number of carbonyl (C=O) groups is 1. The lowest BCUT2D eigenvalue weighted by atomic mass is 10.3. The Kier molecular flexibility index (Phi) is 3.69. The summed E-state index contributed by atoms with van der Waals surface area (Å²) in [5.41, 5.74) is 3.33. The monoisotopic (exact) mass is 193 g/mol. The molecule has 0 heterocycles. The first-order valence-electron chi connectivity index (χ1n) is 3.99. The number of carbonyl (C=O) groups excluding carboxylic acids is 1. The van der Waals surface area contributed by atoms with Crippen LogP contribution >= 0.6 is 0 Å². The maximum Gasteiger partial charge on any atom is 0.335 e. The quantitative estimate of drug-likeness (QED) is 0.342. The van der Waals surface area contributed by atoms with Crippen LogP contribution in [0.15, 0.2) is 36.9 Å². The van der Waals surface area contributed by atoms with E-state index in [0.29, 0.717) is 11.4 Å². The summed E-state index contributed by atoms with van der Waals surface area (Å²) in [5, 5.41) is 0. The zero-order valence-corrected chi connectivity index (χ0v) is 7.82. The average Bonchev–Trinajstić information content (AvgIpc) is 2.19. The van der Waals surface area contributed by atoms with Gasteiger partial charge in [-0.05, 0) is 12.1 Å². The van der Waals surface area contributed by atoms with E-state index in [1.54, 1.807) is 24.3 Å². The van der Waals surface area contributed by atoms with Gasteiger partial charge in [0.2, 0.25) is 0 Å². The third-order valence-electron chi connectivity index (χ3n) is 1.44. The molecule has 1 aromatic carbocycles. The second-order valence-electron chi connectivity index (χ2n) is 2.46. The van der Waals surface area contributed by atoms with Gasteiger partial charge in [-0.15, -0.1) is 0 Å². The van der Waals surface area contributed by atoms with E-state index in [1.165, 1.54) is 7.11 Å². The van der Waals surface area contributed by atoms with Crippen molar-refractivity contribution in [2.24, 2.45) is 0 Å². The largest absolute Gasteiger partial charge is 0.423 e. The van der Waals surface area contributed by atoms with E-state index in [9.17, 15) is 4.79 Å². The molecule has 14 heavy (non-hydrogen) atoms. The van der Waals surface area contributed by atoms with Crippen LogP contribution in [-0.4, -0.2) is 13.1 Å². The van der Waals surface area contributed by atoms with Crippen LogP contribution < -0.4 is 10.2 Å². The summed E-state index contributed by atoms with van der Waals surface area (Å²) in [5.74, 6) is -0.0449. The van der Waals surface area contributed by atoms with Crippen LogP contribution in [0.1, 0.15) is 0 Å². The molecule has 0 fully saturated rings. The van der Waals surface area contributed by atoms with Gasteiger partial charge in [-0.25, -0.2) is 4.79 Å². The van der Waals surface area contributed by atoms with Crippen molar-refractivity contribution in [1.29, 1.82) is 0 Å². The third-order valence-corrected chi connectivity index (χ3v) is 1.44. The molecule has 0 radical (unpaired) electrons. The highest BCUT2D eigenvalue weighted by Crippen LogP contribution is 2.17. The second-order valence-corrected chi connectivity index (χ2v) is 2.46. The van der Waals surface area contributed by atoms with E-state index in [4.69, 9.17) is 9.57 Å². The number of benzene rings is 1. The number of esters is 1. The Hall–Kier alpha value is -1.81. The fraction of sp³-hybridized carbons (Fsp3) is 0.100. The highest BCUT2D eigenvalue weighted by Gasteiger charge is 2.00. The Balaban J connectivity index is 2.72. The molecule has 1 N–H and O–H groups in total. The number of anilines is 1. The normalized spacial score (nSPS) is 9.21. The van der Waals surface area contributed by atoms with Crippen molar-refractivity contribution in [3.8, 4) is 5.75 Å². The average molecular weight is 193 g/mol. The third kappa shape index (κ3) is 2.91. The maximum atomic E-state index is 10.9. The van der Waals surface area contributed by atoms with Gasteiger partial charge in [-0.1, -0.05) is 12.6 Å². The molecular weight excluding hydrogens is 182 g/mol. The smallest absolute Gasteiger partial charge is 0.335 e. The minimum atomic E-state index is -0.487. The summed E-state index contributed by atoms with van der Waals surface area (Å²) in [7, 11) is 1.50. The fourth-order valence-corrected chi connectivity index (χ4v) is 0.899. The molecule has 74 valence electrons. The molecule has 0 saturated heterocycles. The van der Waals surface area contributed by atoms with E-state index in [0.717, 1.165) is 6.08 Å². The van der Waals surface area contributed by atoms with Crippen LogP contribution in [-0.2, 0) is 9.63 Å². The van der Waals surface area contributed by atoms with Gasteiger partial charge in [0.1, 0.15) is 5.75 Å². The number of rotatable bonds is 4. The zero-order chi connectivity index (χ0) is 10.4. The molecule has 0 amide bonds. The summed E-state index contributed by atoms with van der Waals surface area (Å²) >= 11 is 0. The first kappa shape index (κ1) is 10.3. The van der Waals surface area contributed by atoms with E-state index in [1.807, 2.05) is 0 Å². The van der Waals surface area contributed by atoms with Gasteiger partial charge in [-0.2, -0.15) is 0 Å². The van der Waals surface area contributed by atoms with Crippen molar-refractivity contribution in [2.75, 3.05) is 12.6 Å². The second kappa shape index (κ2) is 5.04. The Morgan fingerprint density at radius 2 is 2.36 bits per heavy atom. The van der Waals surface area contributed by atoms with Gasteiger partial charge in [0.05, 0.1) is 12.8 Å². The fourth-order valence-electron chi connectivity index (χ4n) is 0.899. The van der Waals surface area contributed by atoms with Gasteiger partial charge in [0.15, 0.2) is 0 Å². The van der Waals surface area contributed by atoms with Crippen molar-refractivity contribution in [2.45, 2.75) is 0 Å². The zero-order valence-electron chi connectivity index (χ0n) is 7.82. The molecule has 0 unspecified atom stereocenters. The molecule has 4 nitrogen and oxygen atoms in total. The summed E-state index contributed by atoms with van der Waals surface area (Å²) in [6.45, 7) is 3.30. The highest BCUT2D eigenvalue weighted by atomic mass is 16.6.